The van der Waals surface area contributed by atoms with Crippen LogP contribution in [0.5, 0.6) is 0 Å². The van der Waals surface area contributed by atoms with Crippen LogP contribution in [0.2, 0.25) is 0 Å². The van der Waals surface area contributed by atoms with Gasteiger partial charge in [0.2, 0.25) is 0 Å². The van der Waals surface area contributed by atoms with E-state index in [1.54, 1.807) is 4.52 Å². The summed E-state index contributed by atoms with van der Waals surface area (Å²) >= 11 is 0. The van der Waals surface area contributed by atoms with Gasteiger partial charge in [-0.15, -0.1) is 0 Å². The molecule has 0 fully saturated rings. The lowest BCUT2D eigenvalue weighted by molar-refractivity contribution is -0.146. The Kier molecular flexibility index (Phi) is 6.21. The summed E-state index contributed by atoms with van der Waals surface area (Å²) in [5, 5.41) is 7.00. The molecule has 0 aliphatic heterocycles. The fourth-order valence-electron chi connectivity index (χ4n) is 3.33. The molecule has 0 unspecified atom stereocenters. The quantitative estimate of drug-likeness (QED) is 0.618. The summed E-state index contributed by atoms with van der Waals surface area (Å²) in [6, 6.07) is 5.96. The van der Waals surface area contributed by atoms with E-state index < -0.39 is 5.97 Å². The topological polar surface area (TPSA) is 98.5 Å². The van der Waals surface area contributed by atoms with Crippen LogP contribution in [0.4, 0.5) is 5.69 Å². The molecule has 0 spiro atoms. The minimum absolute atomic E-state index is 0.0134. The number of carbonyl (C=O) groups is 2. The molecule has 0 aliphatic rings. The Hall–Kier alpha value is -3.29. The Morgan fingerprint density at radius 1 is 1.14 bits per heavy atom. The highest BCUT2D eigenvalue weighted by atomic mass is 16.5. The molecule has 0 saturated carbocycles. The van der Waals surface area contributed by atoms with Gasteiger partial charge in [-0.2, -0.15) is 10.1 Å². The molecule has 1 aromatic carbocycles. The van der Waals surface area contributed by atoms with E-state index in [0.717, 1.165) is 40.9 Å². The number of para-hydroxylation sites is 1. The van der Waals surface area contributed by atoms with Gasteiger partial charge in [-0.05, 0) is 37.8 Å². The van der Waals surface area contributed by atoms with E-state index in [2.05, 4.69) is 20.4 Å². The maximum absolute atomic E-state index is 12.4. The molecule has 29 heavy (non-hydrogen) atoms. The molecule has 2 heterocycles. The van der Waals surface area contributed by atoms with Gasteiger partial charge >= 0.3 is 5.97 Å². The lowest BCUT2D eigenvalue weighted by Gasteiger charge is -2.14. The van der Waals surface area contributed by atoms with E-state index in [4.69, 9.17) is 4.74 Å². The van der Waals surface area contributed by atoms with Gasteiger partial charge in [0.25, 0.3) is 11.7 Å². The third kappa shape index (κ3) is 4.42. The van der Waals surface area contributed by atoms with Crippen molar-refractivity contribution in [2.45, 2.75) is 47.0 Å². The minimum atomic E-state index is -0.493. The first-order valence-corrected chi connectivity index (χ1v) is 9.66. The second kappa shape index (κ2) is 8.81. The molecular weight excluding hydrogens is 370 g/mol. The van der Waals surface area contributed by atoms with Crippen molar-refractivity contribution in [3.05, 3.63) is 52.6 Å². The van der Waals surface area contributed by atoms with Gasteiger partial charge in [0.15, 0.2) is 6.61 Å². The zero-order chi connectivity index (χ0) is 21.0. The second-order valence-corrected chi connectivity index (χ2v) is 6.78. The van der Waals surface area contributed by atoms with Crippen molar-refractivity contribution in [1.82, 2.24) is 19.6 Å². The Balaban J connectivity index is 1.64. The molecule has 1 N–H and O–H groups in total. The zero-order valence-corrected chi connectivity index (χ0v) is 17.2. The number of nitrogens with one attached hydrogen (secondary N) is 1. The molecular formula is C21H25N5O3. The number of nitrogens with zero attached hydrogens (tertiary/aromatic N) is 4. The number of anilines is 1. The van der Waals surface area contributed by atoms with Crippen LogP contribution in [0.1, 0.15) is 41.9 Å². The summed E-state index contributed by atoms with van der Waals surface area (Å²) in [5.41, 5.74) is 5.11. The van der Waals surface area contributed by atoms with E-state index in [-0.39, 0.29) is 18.9 Å². The van der Waals surface area contributed by atoms with E-state index in [9.17, 15) is 9.59 Å². The summed E-state index contributed by atoms with van der Waals surface area (Å²) < 4.78 is 6.79. The molecule has 1 amide bonds. The number of fused-ring (bicyclic) bond motifs is 1. The largest absolute Gasteiger partial charge is 0.455 e. The van der Waals surface area contributed by atoms with Gasteiger partial charge < -0.3 is 10.1 Å². The fourth-order valence-corrected chi connectivity index (χ4v) is 3.33. The predicted octanol–water partition coefficient (Wildman–Crippen LogP) is 2.59. The standard InChI is InChI=1S/C21H25N5O3/c1-5-15-8-7-9-16(6-2)20(15)25-18(27)11-29-19(28)10-17-13(3)24-21-22-12-23-26(21)14(17)4/h7-9,12H,5-6,10-11H2,1-4H3,(H,25,27). The average Bonchev–Trinajstić information content (AvgIpc) is 3.18. The van der Waals surface area contributed by atoms with Crippen LogP contribution in [0, 0.1) is 13.8 Å². The van der Waals surface area contributed by atoms with Crippen LogP contribution in [0.3, 0.4) is 0 Å². The van der Waals surface area contributed by atoms with Gasteiger partial charge in [-0.1, -0.05) is 32.0 Å². The second-order valence-electron chi connectivity index (χ2n) is 6.78. The van der Waals surface area contributed by atoms with Crippen molar-refractivity contribution < 1.29 is 14.3 Å². The van der Waals surface area contributed by atoms with Crippen LogP contribution in [-0.4, -0.2) is 38.1 Å². The molecule has 3 rings (SSSR count). The van der Waals surface area contributed by atoms with Crippen LogP contribution >= 0.6 is 0 Å². The highest BCUT2D eigenvalue weighted by Crippen LogP contribution is 2.22. The normalized spacial score (nSPS) is 10.9. The first-order chi connectivity index (χ1) is 13.9. The van der Waals surface area contributed by atoms with Gasteiger partial charge in [-0.3, -0.25) is 9.59 Å². The van der Waals surface area contributed by atoms with Crippen molar-refractivity contribution in [2.75, 3.05) is 11.9 Å². The predicted molar refractivity (Wildman–Crippen MR) is 109 cm³/mol. The van der Waals surface area contributed by atoms with Crippen molar-refractivity contribution in [1.29, 1.82) is 0 Å². The molecule has 0 saturated heterocycles. The number of carbonyl (C=O) groups excluding carboxylic acids is 2. The van der Waals surface area contributed by atoms with Crippen molar-refractivity contribution in [3.8, 4) is 0 Å². The maximum atomic E-state index is 12.4. The highest BCUT2D eigenvalue weighted by Gasteiger charge is 2.17. The number of hydrogen-bond donors (Lipinski definition) is 1. The molecule has 0 bridgehead atoms. The van der Waals surface area contributed by atoms with Gasteiger partial charge in [-0.25, -0.2) is 9.50 Å². The Labute approximate surface area is 169 Å². The third-order valence-corrected chi connectivity index (χ3v) is 4.94. The monoisotopic (exact) mass is 395 g/mol. The fraction of sp³-hybridized carbons (Fsp3) is 0.381. The lowest BCUT2D eigenvalue weighted by Crippen LogP contribution is -2.23. The van der Waals surface area contributed by atoms with Crippen molar-refractivity contribution in [2.24, 2.45) is 0 Å². The molecule has 3 aromatic rings. The first kappa shape index (κ1) is 20.4. The first-order valence-electron chi connectivity index (χ1n) is 9.66. The molecule has 0 radical (unpaired) electrons. The molecule has 2 aromatic heterocycles. The summed E-state index contributed by atoms with van der Waals surface area (Å²) in [6.07, 6.45) is 3.04. The number of aromatic nitrogens is 4. The molecule has 0 aliphatic carbocycles. The van der Waals surface area contributed by atoms with Crippen molar-refractivity contribution >= 4 is 23.3 Å². The minimum Gasteiger partial charge on any atom is -0.455 e. The highest BCUT2D eigenvalue weighted by molar-refractivity contribution is 5.94. The van der Waals surface area contributed by atoms with Gasteiger partial charge in [0.05, 0.1) is 6.42 Å². The number of hydrogen-bond acceptors (Lipinski definition) is 6. The summed E-state index contributed by atoms with van der Waals surface area (Å²) in [5.74, 6) is -0.364. The van der Waals surface area contributed by atoms with Crippen LogP contribution in [-0.2, 0) is 33.6 Å². The number of esters is 1. The summed E-state index contributed by atoms with van der Waals surface area (Å²) in [7, 11) is 0. The SMILES string of the molecule is CCc1cccc(CC)c1NC(=O)COC(=O)Cc1c(C)nc2ncnn2c1C. The Bertz CT molecular complexity index is 1040. The van der Waals surface area contributed by atoms with Crippen molar-refractivity contribution in [3.63, 3.8) is 0 Å². The zero-order valence-electron chi connectivity index (χ0n) is 17.2. The molecule has 8 heteroatoms. The van der Waals surface area contributed by atoms with Crippen LogP contribution < -0.4 is 5.32 Å². The van der Waals surface area contributed by atoms with Crippen LogP contribution in [0.15, 0.2) is 24.5 Å². The Morgan fingerprint density at radius 3 is 2.48 bits per heavy atom. The van der Waals surface area contributed by atoms with E-state index in [0.29, 0.717) is 11.5 Å². The molecule has 0 atom stereocenters. The van der Waals surface area contributed by atoms with E-state index in [1.165, 1.54) is 6.33 Å². The number of amides is 1. The number of ether oxygens (including phenoxy) is 1. The van der Waals surface area contributed by atoms with E-state index >= 15 is 0 Å². The van der Waals surface area contributed by atoms with Gasteiger partial charge in [0.1, 0.15) is 6.33 Å². The number of aryl methyl sites for hydroxylation is 4. The number of rotatable bonds is 7. The molecule has 8 nitrogen and oxygen atoms in total. The summed E-state index contributed by atoms with van der Waals surface area (Å²) in [6.45, 7) is 7.39. The average molecular weight is 395 g/mol. The van der Waals surface area contributed by atoms with Gasteiger partial charge in [0, 0.05) is 22.6 Å². The lowest BCUT2D eigenvalue weighted by atomic mass is 10.0. The summed E-state index contributed by atoms with van der Waals surface area (Å²) in [4.78, 5) is 33.1. The number of benzene rings is 1. The smallest absolute Gasteiger partial charge is 0.310 e. The van der Waals surface area contributed by atoms with E-state index in [1.807, 2.05) is 45.9 Å². The third-order valence-electron chi connectivity index (χ3n) is 4.94. The van der Waals surface area contributed by atoms with Crippen LogP contribution in [0.25, 0.3) is 5.78 Å². The maximum Gasteiger partial charge on any atom is 0.310 e. The molecule has 152 valence electrons. The Morgan fingerprint density at radius 2 is 1.83 bits per heavy atom.